The molecule has 4 atom stereocenters. The lowest BCUT2D eigenvalue weighted by Gasteiger charge is -2.29. The fourth-order valence-corrected chi connectivity index (χ4v) is 5.04. The molecule has 2 amide bonds. The molecule has 1 aromatic rings. The Morgan fingerprint density at radius 1 is 1.10 bits per heavy atom. The first-order chi connectivity index (χ1) is 18.6. The van der Waals surface area contributed by atoms with Crippen LogP contribution in [0.1, 0.15) is 64.9 Å². The van der Waals surface area contributed by atoms with E-state index in [0.29, 0.717) is 25.8 Å². The molecule has 2 N–H and O–H groups in total. The zero-order valence-corrected chi connectivity index (χ0v) is 23.3. The van der Waals surface area contributed by atoms with Gasteiger partial charge in [0.15, 0.2) is 0 Å². The third-order valence-corrected chi connectivity index (χ3v) is 6.94. The van der Waals surface area contributed by atoms with E-state index in [-0.39, 0.29) is 50.3 Å². The summed E-state index contributed by atoms with van der Waals surface area (Å²) in [4.78, 5) is 53.4. The van der Waals surface area contributed by atoms with E-state index < -0.39 is 35.4 Å². The van der Waals surface area contributed by atoms with E-state index >= 15 is 0 Å². The molecule has 0 saturated carbocycles. The third kappa shape index (κ3) is 9.80. The van der Waals surface area contributed by atoms with E-state index in [1.807, 2.05) is 30.3 Å². The Bertz CT molecular complexity index is 1020. The summed E-state index contributed by atoms with van der Waals surface area (Å²) in [6, 6.07) is 8.88. The van der Waals surface area contributed by atoms with Gasteiger partial charge in [0.05, 0.1) is 36.9 Å². The highest BCUT2D eigenvalue weighted by atomic mass is 16.6. The number of allylic oxidation sites excluding steroid dienone is 2. The monoisotopic (exact) mass is 542 g/mol. The Morgan fingerprint density at radius 2 is 1.79 bits per heavy atom. The molecule has 2 heterocycles. The van der Waals surface area contributed by atoms with Gasteiger partial charge in [0.1, 0.15) is 12.2 Å². The van der Waals surface area contributed by atoms with Crippen molar-refractivity contribution in [1.29, 1.82) is 0 Å². The standard InChI is InChI=1S/C30H42N2O7/c1-30(2,3)39-27(35)18-23-13-8-7-12-22(28(36)32-15-9-14-25(32)20-38-29(23)37)17-26(34)31-24(19-33)16-21-10-5-4-6-11-21/h4-8,10-11,22-25,33H,9,12-20H2,1-3H3,(H,31,34)/b8-7+/t22-,23+,24-,25-/m0/s1. The number of amides is 2. The number of cyclic esters (lactones) is 1. The van der Waals surface area contributed by atoms with Crippen molar-refractivity contribution in [3.63, 3.8) is 0 Å². The Hall–Kier alpha value is -3.20. The van der Waals surface area contributed by atoms with Crippen molar-refractivity contribution in [2.24, 2.45) is 11.8 Å². The molecule has 0 radical (unpaired) electrons. The van der Waals surface area contributed by atoms with Gasteiger partial charge in [0.2, 0.25) is 11.8 Å². The molecule has 1 saturated heterocycles. The molecule has 9 nitrogen and oxygen atoms in total. The maximum Gasteiger partial charge on any atom is 0.309 e. The number of hydrogen-bond donors (Lipinski definition) is 2. The first kappa shape index (κ1) is 30.3. The lowest BCUT2D eigenvalue weighted by molar-refractivity contribution is -0.162. The number of esters is 2. The van der Waals surface area contributed by atoms with Crippen molar-refractivity contribution in [1.82, 2.24) is 10.2 Å². The number of rotatable bonds is 8. The van der Waals surface area contributed by atoms with Gasteiger partial charge in [0, 0.05) is 13.0 Å². The molecule has 0 unspecified atom stereocenters. The van der Waals surface area contributed by atoms with Crippen LogP contribution < -0.4 is 5.32 Å². The molecular weight excluding hydrogens is 500 g/mol. The van der Waals surface area contributed by atoms with Gasteiger partial charge < -0.3 is 24.8 Å². The van der Waals surface area contributed by atoms with Crippen LogP contribution in [0.3, 0.4) is 0 Å². The normalized spacial score (nSPS) is 24.0. The van der Waals surface area contributed by atoms with E-state index in [9.17, 15) is 24.3 Å². The molecule has 0 aromatic heterocycles. The maximum atomic E-state index is 13.5. The Balaban J connectivity index is 1.69. The predicted octanol–water partition coefficient (Wildman–Crippen LogP) is 2.94. The van der Waals surface area contributed by atoms with E-state index in [4.69, 9.17) is 9.47 Å². The lowest BCUT2D eigenvalue weighted by Crippen LogP contribution is -2.45. The van der Waals surface area contributed by atoms with E-state index in [1.165, 1.54) is 0 Å². The molecule has 1 aromatic carbocycles. The van der Waals surface area contributed by atoms with Gasteiger partial charge in [-0.2, -0.15) is 0 Å². The second-order valence-corrected chi connectivity index (χ2v) is 11.4. The minimum Gasteiger partial charge on any atom is -0.463 e. The van der Waals surface area contributed by atoms with E-state index in [1.54, 1.807) is 37.8 Å². The molecule has 214 valence electrons. The Morgan fingerprint density at radius 3 is 2.46 bits per heavy atom. The molecule has 2 aliphatic rings. The van der Waals surface area contributed by atoms with Crippen LogP contribution in [0.5, 0.6) is 0 Å². The quantitative estimate of drug-likeness (QED) is 0.383. The number of nitrogens with one attached hydrogen (secondary N) is 1. The molecule has 2 aliphatic heterocycles. The summed E-state index contributed by atoms with van der Waals surface area (Å²) in [6.07, 6.45) is 6.02. The van der Waals surface area contributed by atoms with Crippen molar-refractivity contribution in [3.05, 3.63) is 48.0 Å². The largest absolute Gasteiger partial charge is 0.463 e. The average Bonchev–Trinajstić information content (AvgIpc) is 3.35. The second-order valence-electron chi connectivity index (χ2n) is 11.4. The van der Waals surface area contributed by atoms with Gasteiger partial charge in [0.25, 0.3) is 0 Å². The first-order valence-electron chi connectivity index (χ1n) is 13.8. The molecule has 9 heteroatoms. The number of fused-ring (bicyclic) bond motifs is 1. The third-order valence-electron chi connectivity index (χ3n) is 6.94. The van der Waals surface area contributed by atoms with Crippen LogP contribution in [-0.4, -0.2) is 71.2 Å². The Kier molecular flexibility index (Phi) is 11.1. The minimum atomic E-state index is -0.689. The summed E-state index contributed by atoms with van der Waals surface area (Å²) in [6.45, 7) is 5.71. The van der Waals surface area contributed by atoms with Gasteiger partial charge in [-0.1, -0.05) is 42.5 Å². The maximum absolute atomic E-state index is 13.5. The fourth-order valence-electron chi connectivity index (χ4n) is 5.04. The summed E-state index contributed by atoms with van der Waals surface area (Å²) in [5, 5.41) is 12.7. The molecule has 0 bridgehead atoms. The zero-order valence-electron chi connectivity index (χ0n) is 23.3. The first-order valence-corrected chi connectivity index (χ1v) is 13.8. The van der Waals surface area contributed by atoms with Crippen molar-refractivity contribution < 1.29 is 33.8 Å². The molecule has 3 rings (SSSR count). The van der Waals surface area contributed by atoms with Crippen molar-refractivity contribution in [2.75, 3.05) is 19.8 Å². The summed E-state index contributed by atoms with van der Waals surface area (Å²) in [5.41, 5.74) is 0.342. The SMILES string of the molecule is CC(C)(C)OC(=O)C[C@H]1C/C=C/C[C@@H](CC(=O)N[C@H](CO)Cc2ccccc2)C(=O)N2CCC[C@H]2COC1=O. The molecule has 0 spiro atoms. The summed E-state index contributed by atoms with van der Waals surface area (Å²) in [7, 11) is 0. The average molecular weight is 543 g/mol. The topological polar surface area (TPSA) is 122 Å². The van der Waals surface area contributed by atoms with Gasteiger partial charge in [-0.25, -0.2) is 0 Å². The van der Waals surface area contributed by atoms with Crippen LogP contribution in [0.2, 0.25) is 0 Å². The van der Waals surface area contributed by atoms with Gasteiger partial charge in [-0.3, -0.25) is 19.2 Å². The highest BCUT2D eigenvalue weighted by Crippen LogP contribution is 2.26. The number of hydrogen-bond acceptors (Lipinski definition) is 7. The van der Waals surface area contributed by atoms with Crippen LogP contribution in [0.15, 0.2) is 42.5 Å². The van der Waals surface area contributed by atoms with Crippen LogP contribution in [0.25, 0.3) is 0 Å². The number of aliphatic hydroxyl groups excluding tert-OH is 1. The minimum absolute atomic E-state index is 0.0151. The van der Waals surface area contributed by atoms with Crippen molar-refractivity contribution in [3.8, 4) is 0 Å². The number of ether oxygens (including phenoxy) is 2. The summed E-state index contributed by atoms with van der Waals surface area (Å²) >= 11 is 0. The highest BCUT2D eigenvalue weighted by molar-refractivity contribution is 5.86. The van der Waals surface area contributed by atoms with Gasteiger partial charge in [-0.15, -0.1) is 0 Å². The summed E-state index contributed by atoms with van der Waals surface area (Å²) < 4.78 is 11.0. The van der Waals surface area contributed by atoms with Crippen LogP contribution in [0, 0.1) is 11.8 Å². The number of aliphatic hydroxyl groups is 1. The summed E-state index contributed by atoms with van der Waals surface area (Å²) in [5.74, 6) is -2.65. The number of carbonyl (C=O) groups excluding carboxylic acids is 4. The van der Waals surface area contributed by atoms with Crippen LogP contribution in [0.4, 0.5) is 0 Å². The van der Waals surface area contributed by atoms with Crippen molar-refractivity contribution >= 4 is 23.8 Å². The lowest BCUT2D eigenvalue weighted by atomic mass is 9.95. The van der Waals surface area contributed by atoms with Gasteiger partial charge >= 0.3 is 11.9 Å². The highest BCUT2D eigenvalue weighted by Gasteiger charge is 2.36. The van der Waals surface area contributed by atoms with Gasteiger partial charge in [-0.05, 0) is 58.4 Å². The van der Waals surface area contributed by atoms with Crippen LogP contribution in [-0.2, 0) is 35.1 Å². The molecule has 0 aliphatic carbocycles. The Labute approximate surface area is 230 Å². The zero-order chi connectivity index (χ0) is 28.4. The van der Waals surface area contributed by atoms with Crippen LogP contribution >= 0.6 is 0 Å². The van der Waals surface area contributed by atoms with E-state index in [2.05, 4.69) is 5.32 Å². The number of benzene rings is 1. The predicted molar refractivity (Wildman–Crippen MR) is 145 cm³/mol. The molecule has 39 heavy (non-hydrogen) atoms. The number of nitrogens with zero attached hydrogens (tertiary/aromatic N) is 1. The fraction of sp³-hybridized carbons (Fsp3) is 0.600. The second kappa shape index (κ2) is 14.3. The smallest absolute Gasteiger partial charge is 0.309 e. The molecule has 1 fully saturated rings. The number of carbonyl (C=O) groups is 4. The van der Waals surface area contributed by atoms with E-state index in [0.717, 1.165) is 12.0 Å². The van der Waals surface area contributed by atoms with Crippen molar-refractivity contribution in [2.45, 2.75) is 83.4 Å². The molecular formula is C30H42N2O7.